The highest BCUT2D eigenvalue weighted by Gasteiger charge is 2.24. The molecule has 2 N–H and O–H groups in total. The Labute approximate surface area is 156 Å². The van der Waals surface area contributed by atoms with E-state index in [9.17, 15) is 9.59 Å². The van der Waals surface area contributed by atoms with E-state index >= 15 is 0 Å². The Balaban J connectivity index is 2.02. The van der Waals surface area contributed by atoms with Crippen molar-refractivity contribution in [3.63, 3.8) is 0 Å². The Bertz CT molecular complexity index is 850. The third-order valence-electron chi connectivity index (χ3n) is 4.64. The molecular weight excluding hydrogens is 356 g/mol. The van der Waals surface area contributed by atoms with Crippen LogP contribution in [0.5, 0.6) is 0 Å². The summed E-state index contributed by atoms with van der Waals surface area (Å²) in [5, 5.41) is 13.0. The predicted molar refractivity (Wildman–Crippen MR) is 101 cm³/mol. The SMILES string of the molecule is CC(=O)N1CCN(c2nc3c(Cl)cccc3cc2C(C)NC(=O)O)CC1. The molecule has 1 aromatic heterocycles. The normalized spacial score (nSPS) is 15.8. The number of benzene rings is 1. The maximum absolute atomic E-state index is 11.6. The third-order valence-corrected chi connectivity index (χ3v) is 4.94. The van der Waals surface area contributed by atoms with E-state index in [4.69, 9.17) is 21.7 Å². The molecule has 1 aromatic carbocycles. The van der Waals surface area contributed by atoms with Crippen molar-refractivity contribution in [1.29, 1.82) is 0 Å². The quantitative estimate of drug-likeness (QED) is 0.860. The molecule has 1 saturated heterocycles. The first kappa shape index (κ1) is 18.3. The summed E-state index contributed by atoms with van der Waals surface area (Å²) in [4.78, 5) is 31.3. The number of rotatable bonds is 3. The molecule has 0 bridgehead atoms. The lowest BCUT2D eigenvalue weighted by Gasteiger charge is -2.36. The highest BCUT2D eigenvalue weighted by Crippen LogP contribution is 2.32. The van der Waals surface area contributed by atoms with Crippen LogP contribution in [0, 0.1) is 0 Å². The molecule has 1 atom stereocenters. The number of aromatic nitrogens is 1. The largest absolute Gasteiger partial charge is 0.465 e. The van der Waals surface area contributed by atoms with Gasteiger partial charge >= 0.3 is 6.09 Å². The van der Waals surface area contributed by atoms with E-state index in [0.29, 0.717) is 42.5 Å². The van der Waals surface area contributed by atoms with E-state index in [1.54, 1.807) is 24.8 Å². The molecule has 2 aromatic rings. The number of anilines is 1. The molecule has 1 aliphatic heterocycles. The first-order valence-electron chi connectivity index (χ1n) is 8.46. The minimum absolute atomic E-state index is 0.0558. The molecule has 26 heavy (non-hydrogen) atoms. The molecule has 2 heterocycles. The number of carbonyl (C=O) groups is 2. The minimum Gasteiger partial charge on any atom is -0.465 e. The zero-order valence-corrected chi connectivity index (χ0v) is 15.5. The van der Waals surface area contributed by atoms with Crippen LogP contribution in [0.3, 0.4) is 0 Å². The van der Waals surface area contributed by atoms with Gasteiger partial charge in [0.15, 0.2) is 0 Å². The van der Waals surface area contributed by atoms with Gasteiger partial charge in [-0.1, -0.05) is 23.7 Å². The second-order valence-electron chi connectivity index (χ2n) is 6.38. The summed E-state index contributed by atoms with van der Waals surface area (Å²) in [5.41, 5.74) is 1.47. The first-order chi connectivity index (χ1) is 12.4. The summed E-state index contributed by atoms with van der Waals surface area (Å²) in [6.45, 7) is 5.84. The van der Waals surface area contributed by atoms with Gasteiger partial charge in [0.25, 0.3) is 0 Å². The maximum atomic E-state index is 11.6. The Morgan fingerprint density at radius 2 is 1.96 bits per heavy atom. The summed E-state index contributed by atoms with van der Waals surface area (Å²) in [6, 6.07) is 7.04. The fourth-order valence-electron chi connectivity index (χ4n) is 3.24. The van der Waals surface area contributed by atoms with E-state index in [-0.39, 0.29) is 5.91 Å². The summed E-state index contributed by atoms with van der Waals surface area (Å²) >= 11 is 6.31. The van der Waals surface area contributed by atoms with Gasteiger partial charge in [-0.05, 0) is 19.1 Å². The monoisotopic (exact) mass is 376 g/mol. The molecule has 1 fully saturated rings. The van der Waals surface area contributed by atoms with Gasteiger partial charge in [-0.15, -0.1) is 0 Å². The van der Waals surface area contributed by atoms with Crippen LogP contribution in [-0.4, -0.2) is 53.2 Å². The molecule has 0 radical (unpaired) electrons. The number of carboxylic acid groups (broad SMARTS) is 1. The van der Waals surface area contributed by atoms with Gasteiger partial charge < -0.3 is 20.2 Å². The average Bonchev–Trinajstić information content (AvgIpc) is 2.60. The number of amides is 2. The number of piperazine rings is 1. The number of carbonyl (C=O) groups excluding carboxylic acids is 1. The van der Waals surface area contributed by atoms with Crippen LogP contribution < -0.4 is 10.2 Å². The molecule has 3 rings (SSSR count). The van der Waals surface area contributed by atoms with Crippen molar-refractivity contribution in [3.8, 4) is 0 Å². The number of halogens is 1. The van der Waals surface area contributed by atoms with E-state index in [1.807, 2.05) is 18.2 Å². The van der Waals surface area contributed by atoms with Crippen LogP contribution in [0.15, 0.2) is 24.3 Å². The lowest BCUT2D eigenvalue weighted by molar-refractivity contribution is -0.129. The number of nitrogens with zero attached hydrogens (tertiary/aromatic N) is 3. The van der Waals surface area contributed by atoms with Crippen molar-refractivity contribution in [1.82, 2.24) is 15.2 Å². The number of pyridine rings is 1. The topological polar surface area (TPSA) is 85.8 Å². The Morgan fingerprint density at radius 1 is 1.27 bits per heavy atom. The van der Waals surface area contributed by atoms with Gasteiger partial charge in [-0.3, -0.25) is 4.79 Å². The third kappa shape index (κ3) is 3.67. The minimum atomic E-state index is -1.09. The number of para-hydroxylation sites is 1. The maximum Gasteiger partial charge on any atom is 0.405 e. The van der Waals surface area contributed by atoms with Crippen molar-refractivity contribution >= 4 is 40.3 Å². The lowest BCUT2D eigenvalue weighted by Crippen LogP contribution is -2.48. The van der Waals surface area contributed by atoms with Crippen LogP contribution in [0.1, 0.15) is 25.5 Å². The molecule has 1 unspecified atom stereocenters. The highest BCUT2D eigenvalue weighted by atomic mass is 35.5. The van der Waals surface area contributed by atoms with E-state index in [0.717, 1.165) is 10.9 Å². The fourth-order valence-corrected chi connectivity index (χ4v) is 3.46. The average molecular weight is 377 g/mol. The number of hydrogen-bond acceptors (Lipinski definition) is 4. The molecule has 0 saturated carbocycles. The fraction of sp³-hybridized carbons (Fsp3) is 0.389. The summed E-state index contributed by atoms with van der Waals surface area (Å²) in [6.07, 6.45) is -1.09. The molecule has 7 nitrogen and oxygen atoms in total. The van der Waals surface area contributed by atoms with E-state index < -0.39 is 12.1 Å². The number of hydrogen-bond donors (Lipinski definition) is 2. The molecule has 8 heteroatoms. The van der Waals surface area contributed by atoms with E-state index in [1.165, 1.54) is 0 Å². The Hall–Kier alpha value is -2.54. The van der Waals surface area contributed by atoms with Crippen LogP contribution in [-0.2, 0) is 4.79 Å². The summed E-state index contributed by atoms with van der Waals surface area (Å²) in [5.74, 6) is 0.760. The molecular formula is C18H21ClN4O3. The van der Waals surface area contributed by atoms with Gasteiger partial charge in [0, 0.05) is 44.1 Å². The zero-order valence-electron chi connectivity index (χ0n) is 14.7. The number of nitrogens with one attached hydrogen (secondary N) is 1. The van der Waals surface area contributed by atoms with Gasteiger partial charge in [-0.25, -0.2) is 9.78 Å². The Morgan fingerprint density at radius 3 is 2.58 bits per heavy atom. The molecule has 2 amide bonds. The van der Waals surface area contributed by atoms with Crippen molar-refractivity contribution in [2.24, 2.45) is 0 Å². The van der Waals surface area contributed by atoms with Crippen molar-refractivity contribution in [2.45, 2.75) is 19.9 Å². The molecule has 0 spiro atoms. The molecule has 1 aliphatic rings. The van der Waals surface area contributed by atoms with Gasteiger partial charge in [0.2, 0.25) is 5.91 Å². The van der Waals surface area contributed by atoms with Gasteiger partial charge in [0.05, 0.1) is 16.6 Å². The van der Waals surface area contributed by atoms with Crippen LogP contribution >= 0.6 is 11.6 Å². The van der Waals surface area contributed by atoms with Crippen LogP contribution in [0.2, 0.25) is 5.02 Å². The van der Waals surface area contributed by atoms with Gasteiger partial charge in [0.1, 0.15) is 5.82 Å². The number of fused-ring (bicyclic) bond motifs is 1. The summed E-state index contributed by atoms with van der Waals surface area (Å²) in [7, 11) is 0. The smallest absolute Gasteiger partial charge is 0.405 e. The zero-order chi connectivity index (χ0) is 18.8. The lowest BCUT2D eigenvalue weighted by atomic mass is 10.0. The predicted octanol–water partition coefficient (Wildman–Crippen LogP) is 2.89. The van der Waals surface area contributed by atoms with Crippen molar-refractivity contribution in [2.75, 3.05) is 31.1 Å². The highest BCUT2D eigenvalue weighted by molar-refractivity contribution is 6.35. The first-order valence-corrected chi connectivity index (χ1v) is 8.83. The summed E-state index contributed by atoms with van der Waals surface area (Å²) < 4.78 is 0. The standard InChI is InChI=1S/C18H21ClN4O3/c1-11(20-18(25)26)14-10-13-4-3-5-15(19)16(13)21-17(14)23-8-6-22(7-9-23)12(2)24/h3-5,10-11,20H,6-9H2,1-2H3,(H,25,26). The van der Waals surface area contributed by atoms with Crippen LogP contribution in [0.25, 0.3) is 10.9 Å². The van der Waals surface area contributed by atoms with E-state index in [2.05, 4.69) is 10.2 Å². The second-order valence-corrected chi connectivity index (χ2v) is 6.78. The molecule has 138 valence electrons. The van der Waals surface area contributed by atoms with Crippen LogP contribution in [0.4, 0.5) is 10.6 Å². The molecule has 0 aliphatic carbocycles. The Kier molecular flexibility index (Phi) is 5.18. The second kappa shape index (κ2) is 7.37. The van der Waals surface area contributed by atoms with Crippen molar-refractivity contribution < 1.29 is 14.7 Å². The van der Waals surface area contributed by atoms with Crippen molar-refractivity contribution in [3.05, 3.63) is 34.9 Å². The van der Waals surface area contributed by atoms with Gasteiger partial charge in [-0.2, -0.15) is 0 Å².